The highest BCUT2D eigenvalue weighted by molar-refractivity contribution is 7.92. The van der Waals surface area contributed by atoms with E-state index in [2.05, 4.69) is 5.32 Å². The lowest BCUT2D eigenvalue weighted by atomic mass is 10.2. The van der Waals surface area contributed by atoms with Crippen LogP contribution in [0.1, 0.15) is 18.4 Å². The summed E-state index contributed by atoms with van der Waals surface area (Å²) in [7, 11) is -3.59. The number of carbonyl (C=O) groups excluding carboxylic acids is 1. The first kappa shape index (κ1) is 15.0. The molecule has 1 unspecified atom stereocenters. The zero-order valence-corrected chi connectivity index (χ0v) is 12.3. The van der Waals surface area contributed by atoms with E-state index in [1.54, 1.807) is 25.1 Å². The molecule has 20 heavy (non-hydrogen) atoms. The van der Waals surface area contributed by atoms with Crippen LogP contribution in [0.25, 0.3) is 0 Å². The lowest BCUT2D eigenvalue weighted by molar-refractivity contribution is -0.119. The Hall–Kier alpha value is -1.40. The molecule has 0 spiro atoms. The minimum atomic E-state index is -3.59. The Balaban J connectivity index is 1.94. The van der Waals surface area contributed by atoms with Crippen molar-refractivity contribution in [2.75, 3.05) is 18.9 Å². The summed E-state index contributed by atoms with van der Waals surface area (Å²) in [6.07, 6.45) is 1.91. The largest absolute Gasteiger partial charge is 0.376 e. The molecule has 0 aliphatic carbocycles. The highest BCUT2D eigenvalue weighted by Gasteiger charge is 2.22. The summed E-state index contributed by atoms with van der Waals surface area (Å²) in [6.45, 7) is 2.81. The van der Waals surface area contributed by atoms with Crippen molar-refractivity contribution in [2.45, 2.75) is 30.8 Å². The quantitative estimate of drug-likeness (QED) is 0.882. The van der Waals surface area contributed by atoms with Crippen LogP contribution in [0.2, 0.25) is 0 Å². The van der Waals surface area contributed by atoms with Crippen LogP contribution in [0.15, 0.2) is 29.2 Å². The Morgan fingerprint density at radius 2 is 2.15 bits per heavy atom. The summed E-state index contributed by atoms with van der Waals surface area (Å²) < 4.78 is 29.7. The topological polar surface area (TPSA) is 72.5 Å². The number of rotatable bonds is 5. The first-order valence-corrected chi connectivity index (χ1v) is 8.31. The monoisotopic (exact) mass is 297 g/mol. The van der Waals surface area contributed by atoms with E-state index < -0.39 is 21.5 Å². The van der Waals surface area contributed by atoms with Gasteiger partial charge in [-0.15, -0.1) is 0 Å². The summed E-state index contributed by atoms with van der Waals surface area (Å²) in [5.74, 6) is -1.01. The fraction of sp³-hybridized carbons (Fsp3) is 0.500. The molecule has 5 nitrogen and oxygen atoms in total. The predicted molar refractivity (Wildman–Crippen MR) is 75.2 cm³/mol. The molecule has 1 aromatic carbocycles. The third-order valence-corrected chi connectivity index (χ3v) is 5.07. The Morgan fingerprint density at radius 3 is 2.80 bits per heavy atom. The van der Waals surface area contributed by atoms with Crippen LogP contribution in [-0.4, -0.2) is 39.3 Å². The Bertz CT molecular complexity index is 577. The molecule has 1 aromatic rings. The van der Waals surface area contributed by atoms with E-state index in [0.29, 0.717) is 18.7 Å². The number of nitrogens with one attached hydrogen (secondary N) is 1. The van der Waals surface area contributed by atoms with E-state index in [4.69, 9.17) is 4.74 Å². The van der Waals surface area contributed by atoms with Gasteiger partial charge in [0, 0.05) is 13.2 Å². The second-order valence-corrected chi connectivity index (χ2v) is 6.92. The number of amides is 1. The van der Waals surface area contributed by atoms with Gasteiger partial charge in [0.2, 0.25) is 5.91 Å². The van der Waals surface area contributed by atoms with E-state index in [0.717, 1.165) is 12.8 Å². The molecule has 1 N–H and O–H groups in total. The standard InChI is InChI=1S/C14H19NO4S/c1-11-5-2-3-7-13(11)20(17,18)10-14(16)15-9-12-6-4-8-19-12/h2-3,5,7,12H,4,6,8-10H2,1H3,(H,15,16). The van der Waals surface area contributed by atoms with E-state index in [1.807, 2.05) is 0 Å². The highest BCUT2D eigenvalue weighted by Crippen LogP contribution is 2.16. The van der Waals surface area contributed by atoms with E-state index in [1.165, 1.54) is 6.07 Å². The summed E-state index contributed by atoms with van der Waals surface area (Å²) in [6, 6.07) is 6.67. The molecular formula is C14H19NO4S. The zero-order chi connectivity index (χ0) is 14.6. The minimum absolute atomic E-state index is 0.0140. The maximum absolute atomic E-state index is 12.2. The van der Waals surface area contributed by atoms with Crippen LogP contribution >= 0.6 is 0 Å². The van der Waals surface area contributed by atoms with Crippen molar-refractivity contribution in [1.29, 1.82) is 0 Å². The van der Waals surface area contributed by atoms with E-state index >= 15 is 0 Å². The second kappa shape index (κ2) is 6.37. The van der Waals surface area contributed by atoms with Gasteiger partial charge >= 0.3 is 0 Å². The second-order valence-electron chi connectivity index (χ2n) is 4.96. The molecule has 1 saturated heterocycles. The molecule has 1 atom stereocenters. The molecule has 0 radical (unpaired) electrons. The first-order chi connectivity index (χ1) is 9.49. The van der Waals surface area contributed by atoms with Crippen LogP contribution in [0.3, 0.4) is 0 Å². The van der Waals surface area contributed by atoms with Gasteiger partial charge < -0.3 is 10.1 Å². The van der Waals surface area contributed by atoms with Gasteiger partial charge in [-0.3, -0.25) is 4.79 Å². The molecule has 1 aliphatic rings. The number of hydrogen-bond acceptors (Lipinski definition) is 4. The molecule has 110 valence electrons. The summed E-state index contributed by atoms with van der Waals surface area (Å²) in [5.41, 5.74) is 0.652. The number of carbonyl (C=O) groups is 1. The molecule has 1 aliphatic heterocycles. The van der Waals surface area contributed by atoms with Crippen molar-refractivity contribution >= 4 is 15.7 Å². The third kappa shape index (κ3) is 3.80. The maximum Gasteiger partial charge on any atom is 0.235 e. The van der Waals surface area contributed by atoms with Gasteiger partial charge in [-0.25, -0.2) is 8.42 Å². The van der Waals surface area contributed by atoms with Crippen LogP contribution < -0.4 is 5.32 Å². The van der Waals surface area contributed by atoms with Gasteiger partial charge in [-0.2, -0.15) is 0 Å². The lowest BCUT2D eigenvalue weighted by Crippen LogP contribution is -2.35. The highest BCUT2D eigenvalue weighted by atomic mass is 32.2. The van der Waals surface area contributed by atoms with Crippen molar-refractivity contribution < 1.29 is 17.9 Å². The van der Waals surface area contributed by atoms with Crippen molar-refractivity contribution in [2.24, 2.45) is 0 Å². The average Bonchev–Trinajstić information content (AvgIpc) is 2.89. The smallest absolute Gasteiger partial charge is 0.235 e. The summed E-state index contributed by atoms with van der Waals surface area (Å²) in [4.78, 5) is 12.0. The normalized spacial score (nSPS) is 18.9. The van der Waals surface area contributed by atoms with E-state index in [-0.39, 0.29) is 11.0 Å². The SMILES string of the molecule is Cc1ccccc1S(=O)(=O)CC(=O)NCC1CCCO1. The fourth-order valence-corrected chi connectivity index (χ4v) is 3.69. The molecule has 1 heterocycles. The van der Waals surface area contributed by atoms with Crippen molar-refractivity contribution in [3.05, 3.63) is 29.8 Å². The lowest BCUT2D eigenvalue weighted by Gasteiger charge is -2.11. The zero-order valence-electron chi connectivity index (χ0n) is 11.5. The number of hydrogen-bond donors (Lipinski definition) is 1. The molecule has 6 heteroatoms. The van der Waals surface area contributed by atoms with Crippen LogP contribution in [-0.2, 0) is 19.4 Å². The third-order valence-electron chi connectivity index (χ3n) is 3.30. The molecule has 0 saturated carbocycles. The van der Waals surface area contributed by atoms with Crippen LogP contribution in [0.5, 0.6) is 0 Å². The summed E-state index contributed by atoms with van der Waals surface area (Å²) >= 11 is 0. The van der Waals surface area contributed by atoms with Gasteiger partial charge in [-0.05, 0) is 31.4 Å². The molecular weight excluding hydrogens is 278 g/mol. The minimum Gasteiger partial charge on any atom is -0.376 e. The van der Waals surface area contributed by atoms with Crippen LogP contribution in [0.4, 0.5) is 0 Å². The summed E-state index contributed by atoms with van der Waals surface area (Å²) in [5, 5.41) is 2.63. The Kier molecular flexibility index (Phi) is 4.77. The number of sulfone groups is 1. The number of ether oxygens (including phenoxy) is 1. The predicted octanol–water partition coefficient (Wildman–Crippen LogP) is 1.06. The number of benzene rings is 1. The molecule has 1 amide bonds. The van der Waals surface area contributed by atoms with Crippen molar-refractivity contribution in [3.8, 4) is 0 Å². The average molecular weight is 297 g/mol. The fourth-order valence-electron chi connectivity index (χ4n) is 2.24. The molecule has 2 rings (SSSR count). The maximum atomic E-state index is 12.2. The van der Waals surface area contributed by atoms with Crippen molar-refractivity contribution in [1.82, 2.24) is 5.32 Å². The van der Waals surface area contributed by atoms with Gasteiger partial charge in [-0.1, -0.05) is 18.2 Å². The van der Waals surface area contributed by atoms with Crippen molar-refractivity contribution in [3.63, 3.8) is 0 Å². The Labute approximate surface area is 119 Å². The molecule has 0 bridgehead atoms. The molecule has 1 fully saturated rings. The van der Waals surface area contributed by atoms with Gasteiger partial charge in [0.15, 0.2) is 9.84 Å². The van der Waals surface area contributed by atoms with Crippen LogP contribution in [0, 0.1) is 6.92 Å². The first-order valence-electron chi connectivity index (χ1n) is 6.66. The molecule has 0 aromatic heterocycles. The Morgan fingerprint density at radius 1 is 1.40 bits per heavy atom. The van der Waals surface area contributed by atoms with Gasteiger partial charge in [0.05, 0.1) is 11.0 Å². The number of aryl methyl sites for hydroxylation is 1. The van der Waals surface area contributed by atoms with Gasteiger partial charge in [0.25, 0.3) is 0 Å². The van der Waals surface area contributed by atoms with E-state index in [9.17, 15) is 13.2 Å². The van der Waals surface area contributed by atoms with Gasteiger partial charge in [0.1, 0.15) is 5.75 Å².